The molecular weight excluding hydrogens is 488 g/mol. The summed E-state index contributed by atoms with van der Waals surface area (Å²) in [5.74, 6) is -3.23. The van der Waals surface area contributed by atoms with Crippen molar-refractivity contribution in [2.75, 3.05) is 33.0 Å². The van der Waals surface area contributed by atoms with Crippen LogP contribution in [0.25, 0.3) is 0 Å². The highest BCUT2D eigenvalue weighted by Gasteiger charge is 2.58. The molecule has 0 radical (unpaired) electrons. The first-order valence-electron chi connectivity index (χ1n) is 10.4. The molecule has 2 rings (SSSR count). The molecule has 17 heteroatoms. The molecule has 0 bridgehead atoms. The van der Waals surface area contributed by atoms with Crippen LogP contribution in [0.2, 0.25) is 0 Å². The molecule has 2 saturated heterocycles. The van der Waals surface area contributed by atoms with E-state index in [1.54, 1.807) is 0 Å². The van der Waals surface area contributed by atoms with Crippen LogP contribution in [0, 0.1) is 0 Å². The Bertz CT molecular complexity index is 636. The second-order valence-electron chi connectivity index (χ2n) is 7.87. The van der Waals surface area contributed by atoms with Crippen LogP contribution in [-0.2, 0) is 19.0 Å². The highest BCUT2D eigenvalue weighted by molar-refractivity contribution is 5.84. The fourth-order valence-corrected chi connectivity index (χ4v) is 3.23. The summed E-state index contributed by atoms with van der Waals surface area (Å²) in [5.41, 5.74) is 0. The summed E-state index contributed by atoms with van der Waals surface area (Å²) in [5, 5.41) is 120. The van der Waals surface area contributed by atoms with Crippen LogP contribution in [0.4, 0.5) is 0 Å². The molecule has 2 aliphatic rings. The zero-order valence-electron chi connectivity index (χ0n) is 18.3. The summed E-state index contributed by atoms with van der Waals surface area (Å²) < 4.78 is 15.4. The Morgan fingerprint density at radius 1 is 0.829 bits per heavy atom. The smallest absolute Gasteiger partial charge is 0.224 e. The average Bonchev–Trinajstić information content (AvgIpc) is 3.12. The topological polar surface area (TPSA) is 308 Å². The van der Waals surface area contributed by atoms with E-state index in [9.17, 15) is 35.4 Å². The number of ketones is 1. The van der Waals surface area contributed by atoms with E-state index in [0.717, 1.165) is 0 Å². The van der Waals surface area contributed by atoms with Gasteiger partial charge in [-0.05, 0) is 0 Å². The van der Waals surface area contributed by atoms with Crippen LogP contribution in [0.1, 0.15) is 0 Å². The summed E-state index contributed by atoms with van der Waals surface area (Å²) in [4.78, 5) is 10.5. The molecule has 0 amide bonds. The average molecular weight is 522 g/mol. The molecule has 35 heavy (non-hydrogen) atoms. The Hall–Kier alpha value is -0.970. The molecule has 0 unspecified atom stereocenters. The van der Waals surface area contributed by atoms with Crippen molar-refractivity contribution in [3.63, 3.8) is 0 Å². The van der Waals surface area contributed by atoms with E-state index in [-0.39, 0.29) is 0 Å². The van der Waals surface area contributed by atoms with Crippen LogP contribution in [0.3, 0.4) is 0 Å². The zero-order valence-corrected chi connectivity index (χ0v) is 18.3. The zero-order chi connectivity index (χ0) is 27.1. The van der Waals surface area contributed by atoms with Gasteiger partial charge in [-0.2, -0.15) is 0 Å². The van der Waals surface area contributed by atoms with E-state index in [4.69, 9.17) is 50.0 Å². The van der Waals surface area contributed by atoms with Gasteiger partial charge in [0.2, 0.25) is 5.79 Å². The summed E-state index contributed by atoms with van der Waals surface area (Å²) in [6.45, 7) is -4.01. The second-order valence-corrected chi connectivity index (χ2v) is 7.87. The van der Waals surface area contributed by atoms with Crippen LogP contribution >= 0.6 is 0 Å². The maximum absolute atomic E-state index is 10.5. The highest BCUT2D eigenvalue weighted by atomic mass is 16.8. The van der Waals surface area contributed by atoms with Crippen molar-refractivity contribution < 1.29 is 85.4 Å². The van der Waals surface area contributed by atoms with Crippen molar-refractivity contribution in [1.82, 2.24) is 0 Å². The molecule has 208 valence electrons. The molecule has 0 aliphatic carbocycles. The number of carbonyl (C=O) groups excluding carboxylic acids is 1. The molecule has 2 heterocycles. The van der Waals surface area contributed by atoms with E-state index in [1.807, 2.05) is 0 Å². The van der Waals surface area contributed by atoms with Crippen molar-refractivity contribution in [2.45, 2.75) is 73.1 Å². The van der Waals surface area contributed by atoms with Gasteiger partial charge in [-0.25, -0.2) is 0 Å². The lowest BCUT2D eigenvalue weighted by atomic mass is 9.99. The van der Waals surface area contributed by atoms with Gasteiger partial charge in [0.05, 0.1) is 19.8 Å². The third-order valence-corrected chi connectivity index (χ3v) is 5.46. The van der Waals surface area contributed by atoms with Gasteiger partial charge in [0.25, 0.3) is 0 Å². The lowest BCUT2D eigenvalue weighted by Crippen LogP contribution is -2.62. The molecule has 2 fully saturated rings. The largest absolute Gasteiger partial charge is 0.394 e. The Morgan fingerprint density at radius 3 is 1.83 bits per heavy atom. The molecule has 0 aromatic heterocycles. The third-order valence-electron chi connectivity index (χ3n) is 5.46. The minimum absolute atomic E-state index is 0.669. The lowest BCUT2D eigenvalue weighted by molar-refractivity contribution is -0.383. The van der Waals surface area contributed by atoms with E-state index in [0.29, 0.717) is 0 Å². The number of carbonyl (C=O) groups is 1. The standard InChI is InChI=1S/C12H22O11.C6H12O6/c13-1-4-6(16)8(18)9(19)11(21-4)23-12(3-15)10(20)7(17)5(2-14)22-12;7-1-3(9)5(11)6(12)4(10)2-8/h4-11,13-20H,1-3H2;3,5-9,11-12H,1-2H2/t4-,5-,6-,7-,8+,9-,10+,11-,12+;3-,5+,6+/m10/s1. The normalized spacial score (nSPS) is 39.9. The molecule has 2 aliphatic heterocycles. The first-order chi connectivity index (χ1) is 16.3. The van der Waals surface area contributed by atoms with E-state index >= 15 is 0 Å². The predicted molar refractivity (Wildman–Crippen MR) is 106 cm³/mol. The van der Waals surface area contributed by atoms with Gasteiger partial charge in [0.1, 0.15) is 74.3 Å². The summed E-state index contributed by atoms with van der Waals surface area (Å²) in [6, 6.07) is 0. The Kier molecular flexibility index (Phi) is 12.9. The van der Waals surface area contributed by atoms with Crippen molar-refractivity contribution in [3.05, 3.63) is 0 Å². The van der Waals surface area contributed by atoms with Gasteiger partial charge < -0.3 is 80.6 Å². The Labute approximate surface area is 198 Å². The monoisotopic (exact) mass is 522 g/mol. The highest BCUT2D eigenvalue weighted by Crippen LogP contribution is 2.35. The maximum atomic E-state index is 10.5. The van der Waals surface area contributed by atoms with Crippen molar-refractivity contribution >= 4 is 5.78 Å². The van der Waals surface area contributed by atoms with Crippen LogP contribution in [0.5, 0.6) is 0 Å². The number of Topliss-reactive ketones (excluding diaryl/α,β-unsaturated/α-hetero) is 1. The molecule has 17 nitrogen and oxygen atoms in total. The Morgan fingerprint density at radius 2 is 1.40 bits per heavy atom. The molecule has 12 atom stereocenters. The molecule has 0 aromatic carbocycles. The van der Waals surface area contributed by atoms with Crippen LogP contribution in [0.15, 0.2) is 0 Å². The van der Waals surface area contributed by atoms with Gasteiger partial charge >= 0.3 is 0 Å². The molecule has 0 saturated carbocycles. The van der Waals surface area contributed by atoms with Crippen molar-refractivity contribution in [3.8, 4) is 0 Å². The number of hydrogen-bond acceptors (Lipinski definition) is 17. The SMILES string of the molecule is O=C(CO)[C@@H](O)[C@H](O)[C@@H](O)CO.OC[C@H]1O[C@@](CO)(O[C@H]2O[C@H](CO)[C@@H](O)[C@H](O)[C@H]2O)[C@@H](O)[C@@H]1O. The number of ether oxygens (including phenoxy) is 3. The van der Waals surface area contributed by atoms with Gasteiger partial charge in [0.15, 0.2) is 12.1 Å². The Balaban J connectivity index is 0.000000434. The first kappa shape index (κ1) is 32.1. The molecule has 0 spiro atoms. The molecular formula is C18H34O17. The minimum atomic E-state index is -2.22. The number of aliphatic hydroxyl groups excluding tert-OH is 13. The summed E-state index contributed by atoms with van der Waals surface area (Å²) in [6.07, 6.45) is -17.9. The van der Waals surface area contributed by atoms with Crippen molar-refractivity contribution in [2.24, 2.45) is 0 Å². The van der Waals surface area contributed by atoms with Gasteiger partial charge in [-0.15, -0.1) is 0 Å². The third kappa shape index (κ3) is 7.29. The van der Waals surface area contributed by atoms with Gasteiger partial charge in [0, 0.05) is 0 Å². The lowest BCUT2D eigenvalue weighted by Gasteiger charge is -2.43. The molecule has 0 aromatic rings. The number of hydrogen-bond donors (Lipinski definition) is 13. The number of aliphatic hydroxyl groups is 13. The van der Waals surface area contributed by atoms with Gasteiger partial charge in [-0.3, -0.25) is 4.79 Å². The van der Waals surface area contributed by atoms with Crippen molar-refractivity contribution in [1.29, 1.82) is 0 Å². The van der Waals surface area contributed by atoms with E-state index in [1.165, 1.54) is 0 Å². The van der Waals surface area contributed by atoms with Crippen LogP contribution < -0.4 is 0 Å². The predicted octanol–water partition coefficient (Wildman–Crippen LogP) is -8.77. The second kappa shape index (κ2) is 14.1. The fourth-order valence-electron chi connectivity index (χ4n) is 3.23. The molecule has 13 N–H and O–H groups in total. The summed E-state index contributed by atoms with van der Waals surface area (Å²) >= 11 is 0. The first-order valence-corrected chi connectivity index (χ1v) is 10.4. The summed E-state index contributed by atoms with van der Waals surface area (Å²) in [7, 11) is 0. The fraction of sp³-hybridized carbons (Fsp3) is 0.944. The number of rotatable bonds is 10. The van der Waals surface area contributed by atoms with E-state index < -0.39 is 112 Å². The van der Waals surface area contributed by atoms with Crippen LogP contribution in [-0.4, -0.2) is 178 Å². The quantitative estimate of drug-likeness (QED) is 0.127. The minimum Gasteiger partial charge on any atom is -0.394 e. The van der Waals surface area contributed by atoms with Gasteiger partial charge in [-0.1, -0.05) is 0 Å². The maximum Gasteiger partial charge on any atom is 0.224 e. The van der Waals surface area contributed by atoms with E-state index in [2.05, 4.69) is 0 Å².